The van der Waals surface area contributed by atoms with E-state index in [0.29, 0.717) is 23.6 Å². The largest absolute Gasteiger partial charge is 0.370 e. The van der Waals surface area contributed by atoms with Crippen molar-refractivity contribution in [1.29, 1.82) is 0 Å². The maximum Gasteiger partial charge on any atom is 0.227 e. The Kier molecular flexibility index (Phi) is 12.0. The highest BCUT2D eigenvalue weighted by Gasteiger charge is 2.40. The molecular formula is C25H34BrFN4O4S. The second-order valence-corrected chi connectivity index (χ2v) is 11.1. The molecule has 0 saturated carbocycles. The summed E-state index contributed by atoms with van der Waals surface area (Å²) in [5.74, 6) is -2.14. The third kappa shape index (κ3) is 8.69. The van der Waals surface area contributed by atoms with Gasteiger partial charge < -0.3 is 16.4 Å². The van der Waals surface area contributed by atoms with Gasteiger partial charge in [0.2, 0.25) is 5.91 Å². The zero-order chi connectivity index (χ0) is 26.8. The molecule has 36 heavy (non-hydrogen) atoms. The summed E-state index contributed by atoms with van der Waals surface area (Å²) < 4.78 is 14.0. The van der Waals surface area contributed by atoms with Gasteiger partial charge in [0.1, 0.15) is 12.7 Å². The van der Waals surface area contributed by atoms with Crippen molar-refractivity contribution >= 4 is 56.9 Å². The Morgan fingerprint density at radius 2 is 1.83 bits per heavy atom. The van der Waals surface area contributed by atoms with Crippen LogP contribution in [-0.2, 0) is 14.4 Å². The van der Waals surface area contributed by atoms with Crippen molar-refractivity contribution in [2.45, 2.75) is 45.6 Å². The molecule has 1 fully saturated rings. The number of ketones is 3. The van der Waals surface area contributed by atoms with Crippen LogP contribution in [0.1, 0.15) is 49.9 Å². The standard InChI is InChI=1S/C25H34BrFN4O4S/c1-15(2)19(11-21(32)16-5-7-18(26)8-6-16)24(35)31-14-36-13-20(31)22(33)10-17(23(34)12-27)4-3-9-30-25(28)29/h5-8,15,17,19-20H,3-4,9-14H2,1-2H3,(H4,28,29,30)/t17-,19+,20+/m1/s1. The van der Waals surface area contributed by atoms with E-state index < -0.39 is 30.3 Å². The molecule has 4 N–H and O–H groups in total. The number of nitrogens with zero attached hydrogens (tertiary/aromatic N) is 2. The van der Waals surface area contributed by atoms with Gasteiger partial charge in [0.25, 0.3) is 0 Å². The Labute approximate surface area is 223 Å². The van der Waals surface area contributed by atoms with Crippen LogP contribution in [0.2, 0.25) is 0 Å². The molecule has 1 aliphatic heterocycles. The highest BCUT2D eigenvalue weighted by Crippen LogP contribution is 2.30. The summed E-state index contributed by atoms with van der Waals surface area (Å²) in [5.41, 5.74) is 11.1. The molecule has 2 rings (SSSR count). The van der Waals surface area contributed by atoms with Crippen molar-refractivity contribution in [1.82, 2.24) is 4.90 Å². The zero-order valence-electron chi connectivity index (χ0n) is 20.6. The van der Waals surface area contributed by atoms with Crippen LogP contribution in [-0.4, -0.2) is 65.0 Å². The number of aliphatic imine (C=N–C) groups is 1. The van der Waals surface area contributed by atoms with Crippen LogP contribution >= 0.6 is 27.7 Å². The number of alkyl halides is 1. The van der Waals surface area contributed by atoms with Crippen LogP contribution < -0.4 is 11.5 Å². The van der Waals surface area contributed by atoms with Gasteiger partial charge in [0.15, 0.2) is 23.3 Å². The fraction of sp³-hybridized carbons (Fsp3) is 0.560. The van der Waals surface area contributed by atoms with Crippen LogP contribution in [0.15, 0.2) is 33.7 Å². The molecule has 0 unspecified atom stereocenters. The zero-order valence-corrected chi connectivity index (χ0v) is 23.0. The molecule has 198 valence electrons. The number of Topliss-reactive ketones (excluding diaryl/α,β-unsaturated/α-hetero) is 3. The second-order valence-electron chi connectivity index (χ2n) is 9.22. The minimum Gasteiger partial charge on any atom is -0.370 e. The van der Waals surface area contributed by atoms with E-state index in [1.54, 1.807) is 24.3 Å². The average molecular weight is 586 g/mol. The van der Waals surface area contributed by atoms with Gasteiger partial charge in [-0.1, -0.05) is 41.9 Å². The monoisotopic (exact) mass is 584 g/mol. The molecule has 1 aromatic carbocycles. The molecule has 1 heterocycles. The van der Waals surface area contributed by atoms with Gasteiger partial charge >= 0.3 is 0 Å². The molecule has 0 aromatic heterocycles. The van der Waals surface area contributed by atoms with Crippen LogP contribution in [0.4, 0.5) is 4.39 Å². The van der Waals surface area contributed by atoms with Crippen LogP contribution in [0, 0.1) is 17.8 Å². The first-order chi connectivity index (χ1) is 17.0. The van der Waals surface area contributed by atoms with Gasteiger partial charge in [-0.25, -0.2) is 4.39 Å². The van der Waals surface area contributed by atoms with Crippen molar-refractivity contribution in [2.75, 3.05) is 24.8 Å². The SMILES string of the molecule is CC(C)[C@H](CC(=O)c1ccc(Br)cc1)C(=O)N1CSC[C@H]1C(=O)C[C@@H](CCCN=C(N)N)C(=O)CF. The lowest BCUT2D eigenvalue weighted by atomic mass is 9.86. The first kappa shape index (κ1) is 30.0. The van der Waals surface area contributed by atoms with Gasteiger partial charge in [-0.15, -0.1) is 11.8 Å². The van der Waals surface area contributed by atoms with Crippen LogP contribution in [0.3, 0.4) is 0 Å². The number of nitrogens with two attached hydrogens (primary N) is 2. The summed E-state index contributed by atoms with van der Waals surface area (Å²) in [6, 6.07) is 6.26. The van der Waals surface area contributed by atoms with Crippen molar-refractivity contribution in [3.8, 4) is 0 Å². The second kappa shape index (κ2) is 14.5. The van der Waals surface area contributed by atoms with Gasteiger partial charge in [-0.2, -0.15) is 0 Å². The number of thioether (sulfide) groups is 1. The van der Waals surface area contributed by atoms with Gasteiger partial charge in [0, 0.05) is 47.0 Å². The molecule has 0 spiro atoms. The normalized spacial score (nSPS) is 17.0. The van der Waals surface area contributed by atoms with Crippen molar-refractivity contribution in [3.63, 3.8) is 0 Å². The van der Waals surface area contributed by atoms with Crippen molar-refractivity contribution < 1.29 is 23.6 Å². The van der Waals surface area contributed by atoms with E-state index in [1.165, 1.54) is 16.7 Å². The summed E-state index contributed by atoms with van der Waals surface area (Å²) >= 11 is 4.79. The lowest BCUT2D eigenvalue weighted by Crippen LogP contribution is -2.46. The van der Waals surface area contributed by atoms with Gasteiger partial charge in [0.05, 0.1) is 5.88 Å². The van der Waals surface area contributed by atoms with E-state index in [9.17, 15) is 23.6 Å². The quantitative estimate of drug-likeness (QED) is 0.148. The topological polar surface area (TPSA) is 136 Å². The molecule has 11 heteroatoms. The lowest BCUT2D eigenvalue weighted by Gasteiger charge is -2.29. The predicted molar refractivity (Wildman–Crippen MR) is 143 cm³/mol. The summed E-state index contributed by atoms with van der Waals surface area (Å²) in [6.45, 7) is 2.88. The number of amides is 1. The van der Waals surface area contributed by atoms with E-state index in [0.717, 1.165) is 4.47 Å². The minimum absolute atomic E-state index is 0.0357. The maximum atomic E-state index is 13.5. The Bertz CT molecular complexity index is 969. The number of carbonyl (C=O) groups is 4. The molecule has 1 aliphatic rings. The molecule has 8 nitrogen and oxygen atoms in total. The number of guanidine groups is 1. The van der Waals surface area contributed by atoms with Crippen molar-refractivity contribution in [3.05, 3.63) is 34.3 Å². The van der Waals surface area contributed by atoms with E-state index >= 15 is 0 Å². The molecule has 1 amide bonds. The smallest absolute Gasteiger partial charge is 0.227 e. The minimum atomic E-state index is -1.16. The van der Waals surface area contributed by atoms with Crippen LogP contribution in [0.5, 0.6) is 0 Å². The molecule has 0 bridgehead atoms. The Morgan fingerprint density at radius 3 is 2.42 bits per heavy atom. The molecule has 0 radical (unpaired) electrons. The Hall–Kier alpha value is -2.27. The fourth-order valence-corrected chi connectivity index (χ4v) is 5.57. The number of rotatable bonds is 14. The van der Waals surface area contributed by atoms with Gasteiger partial charge in [-0.05, 0) is 30.9 Å². The third-order valence-electron chi connectivity index (χ3n) is 6.27. The number of benzene rings is 1. The lowest BCUT2D eigenvalue weighted by molar-refractivity contribution is -0.142. The number of halogens is 2. The predicted octanol–water partition coefficient (Wildman–Crippen LogP) is 3.36. The Balaban J connectivity index is 2.09. The maximum absolute atomic E-state index is 13.5. The highest BCUT2D eigenvalue weighted by molar-refractivity contribution is 9.10. The van der Waals surface area contributed by atoms with E-state index in [-0.39, 0.29) is 55.2 Å². The molecular weight excluding hydrogens is 551 g/mol. The van der Waals surface area contributed by atoms with E-state index in [4.69, 9.17) is 11.5 Å². The average Bonchev–Trinajstić information content (AvgIpc) is 3.33. The first-order valence-electron chi connectivity index (χ1n) is 11.9. The number of carbonyl (C=O) groups excluding carboxylic acids is 4. The van der Waals surface area contributed by atoms with E-state index in [2.05, 4.69) is 20.9 Å². The highest BCUT2D eigenvalue weighted by atomic mass is 79.9. The van der Waals surface area contributed by atoms with E-state index in [1.807, 2.05) is 13.8 Å². The molecule has 1 saturated heterocycles. The third-order valence-corrected chi connectivity index (χ3v) is 7.81. The summed E-state index contributed by atoms with van der Waals surface area (Å²) in [4.78, 5) is 57.1. The van der Waals surface area contributed by atoms with Gasteiger partial charge in [-0.3, -0.25) is 24.2 Å². The first-order valence-corrected chi connectivity index (χ1v) is 13.8. The fourth-order valence-electron chi connectivity index (χ4n) is 4.11. The molecule has 0 aliphatic carbocycles. The molecule has 1 aromatic rings. The summed E-state index contributed by atoms with van der Waals surface area (Å²) in [5, 5.41) is 0. The summed E-state index contributed by atoms with van der Waals surface area (Å²) in [6.07, 6.45) is 0.588. The van der Waals surface area contributed by atoms with Crippen molar-refractivity contribution in [2.24, 2.45) is 34.2 Å². The van der Waals surface area contributed by atoms with Crippen LogP contribution in [0.25, 0.3) is 0 Å². The number of hydrogen-bond donors (Lipinski definition) is 2. The Morgan fingerprint density at radius 1 is 1.17 bits per heavy atom. The molecule has 3 atom stereocenters. The summed E-state index contributed by atoms with van der Waals surface area (Å²) in [7, 11) is 0. The number of hydrogen-bond acceptors (Lipinski definition) is 6.